The predicted molar refractivity (Wildman–Crippen MR) is 105 cm³/mol. The average Bonchev–Trinajstić information content (AvgIpc) is 2.65. The number of hydrogen-bond acceptors (Lipinski definition) is 3. The van der Waals surface area contributed by atoms with Crippen molar-refractivity contribution in [3.63, 3.8) is 0 Å². The summed E-state index contributed by atoms with van der Waals surface area (Å²) in [7, 11) is -2.04. The molecule has 0 aliphatic carbocycles. The summed E-state index contributed by atoms with van der Waals surface area (Å²) in [5.41, 5.74) is 1.61. The Morgan fingerprint density at radius 3 is 2.04 bits per heavy atom. The van der Waals surface area contributed by atoms with E-state index in [2.05, 4.69) is 0 Å². The van der Waals surface area contributed by atoms with E-state index in [1.54, 1.807) is 29.2 Å². The number of anilines is 1. The van der Waals surface area contributed by atoms with Crippen LogP contribution in [0.3, 0.4) is 0 Å². The second-order valence-corrected chi connectivity index (χ2v) is 8.59. The summed E-state index contributed by atoms with van der Waals surface area (Å²) in [6, 6.07) is 18.6. The topological polar surface area (TPSA) is 57.7 Å². The first kappa shape index (κ1) is 20.0. The number of rotatable bonds is 8. The van der Waals surface area contributed by atoms with Crippen molar-refractivity contribution in [2.45, 2.75) is 32.9 Å². The molecule has 2 aromatic carbocycles. The van der Waals surface area contributed by atoms with Gasteiger partial charge in [-0.25, -0.2) is 8.42 Å². The minimum absolute atomic E-state index is 0.00253. The van der Waals surface area contributed by atoms with Gasteiger partial charge < -0.3 is 4.90 Å². The van der Waals surface area contributed by atoms with Crippen LogP contribution in [0.15, 0.2) is 60.7 Å². The first-order chi connectivity index (χ1) is 12.3. The molecule has 0 saturated carbocycles. The highest BCUT2D eigenvalue weighted by molar-refractivity contribution is 7.92. The molecule has 140 valence electrons. The molecule has 1 amide bonds. The van der Waals surface area contributed by atoms with E-state index in [0.29, 0.717) is 12.2 Å². The third-order valence-corrected chi connectivity index (χ3v) is 6.02. The van der Waals surface area contributed by atoms with Crippen molar-refractivity contribution >= 4 is 21.6 Å². The lowest BCUT2D eigenvalue weighted by Crippen LogP contribution is -2.38. The van der Waals surface area contributed by atoms with Crippen LogP contribution >= 0.6 is 0 Å². The second-order valence-electron chi connectivity index (χ2n) is 6.47. The molecular weight excluding hydrogens is 348 g/mol. The van der Waals surface area contributed by atoms with E-state index in [4.69, 9.17) is 0 Å². The van der Waals surface area contributed by atoms with E-state index in [0.717, 1.165) is 5.56 Å². The Balaban J connectivity index is 2.02. The SMILES string of the molecule is CC(C)N(Cc1ccccc1)C(=O)CCS(=O)(=O)N(C)c1ccccc1. The number of para-hydroxylation sites is 1. The fourth-order valence-corrected chi connectivity index (χ4v) is 3.78. The van der Waals surface area contributed by atoms with Gasteiger partial charge in [0.15, 0.2) is 0 Å². The maximum absolute atomic E-state index is 12.6. The van der Waals surface area contributed by atoms with E-state index >= 15 is 0 Å². The summed E-state index contributed by atoms with van der Waals surface area (Å²) in [5, 5.41) is 0. The predicted octanol–water partition coefficient (Wildman–Crippen LogP) is 3.28. The highest BCUT2D eigenvalue weighted by Gasteiger charge is 2.23. The average molecular weight is 375 g/mol. The molecular formula is C20H26N2O3S. The van der Waals surface area contributed by atoms with Crippen molar-refractivity contribution in [2.24, 2.45) is 0 Å². The molecule has 0 aliphatic rings. The lowest BCUT2D eigenvalue weighted by atomic mass is 10.2. The van der Waals surface area contributed by atoms with Gasteiger partial charge in [0.25, 0.3) is 0 Å². The number of nitrogens with zero attached hydrogens (tertiary/aromatic N) is 2. The fraction of sp³-hybridized carbons (Fsp3) is 0.350. The first-order valence-corrected chi connectivity index (χ1v) is 10.3. The largest absolute Gasteiger partial charge is 0.336 e. The number of amides is 1. The summed E-state index contributed by atoms with van der Waals surface area (Å²) in [6.07, 6.45) is -0.0372. The van der Waals surface area contributed by atoms with Crippen LogP contribution in [-0.4, -0.2) is 38.1 Å². The van der Waals surface area contributed by atoms with Crippen LogP contribution in [0, 0.1) is 0 Å². The van der Waals surface area contributed by atoms with Crippen molar-refractivity contribution in [3.8, 4) is 0 Å². The van der Waals surface area contributed by atoms with Crippen LogP contribution in [0.25, 0.3) is 0 Å². The Labute approximate surface area is 156 Å². The highest BCUT2D eigenvalue weighted by Crippen LogP contribution is 2.17. The molecule has 0 radical (unpaired) electrons. The van der Waals surface area contributed by atoms with Gasteiger partial charge in [0.05, 0.1) is 11.4 Å². The van der Waals surface area contributed by atoms with Gasteiger partial charge in [-0.3, -0.25) is 9.10 Å². The molecule has 0 bridgehead atoms. The first-order valence-electron chi connectivity index (χ1n) is 8.66. The zero-order chi connectivity index (χ0) is 19.2. The zero-order valence-corrected chi connectivity index (χ0v) is 16.3. The molecule has 0 spiro atoms. The van der Waals surface area contributed by atoms with E-state index in [-0.39, 0.29) is 24.1 Å². The summed E-state index contributed by atoms with van der Waals surface area (Å²) in [4.78, 5) is 14.4. The van der Waals surface area contributed by atoms with Crippen molar-refractivity contribution in [1.29, 1.82) is 0 Å². The van der Waals surface area contributed by atoms with Crippen molar-refractivity contribution in [2.75, 3.05) is 17.1 Å². The van der Waals surface area contributed by atoms with Crippen LogP contribution in [0.5, 0.6) is 0 Å². The summed E-state index contributed by atoms with van der Waals surface area (Å²) < 4.78 is 26.3. The molecule has 6 heteroatoms. The molecule has 2 rings (SSSR count). The monoisotopic (exact) mass is 374 g/mol. The minimum atomic E-state index is -3.55. The molecule has 0 aliphatic heterocycles. The highest BCUT2D eigenvalue weighted by atomic mass is 32.2. The Bertz CT molecular complexity index is 805. The van der Waals surface area contributed by atoms with Crippen LogP contribution in [0.2, 0.25) is 0 Å². The van der Waals surface area contributed by atoms with Crippen molar-refractivity contribution in [1.82, 2.24) is 4.90 Å². The Hall–Kier alpha value is -2.34. The maximum atomic E-state index is 12.6. The van der Waals surface area contributed by atoms with E-state index < -0.39 is 10.0 Å². The Kier molecular flexibility index (Phi) is 6.80. The molecule has 0 N–H and O–H groups in total. The van der Waals surface area contributed by atoms with Crippen molar-refractivity contribution < 1.29 is 13.2 Å². The van der Waals surface area contributed by atoms with Gasteiger partial charge in [-0.2, -0.15) is 0 Å². The molecule has 0 heterocycles. The number of carbonyl (C=O) groups excluding carboxylic acids is 1. The van der Waals surface area contributed by atoms with Gasteiger partial charge in [0.2, 0.25) is 15.9 Å². The number of benzene rings is 2. The number of sulfonamides is 1. The standard InChI is InChI=1S/C20H26N2O3S/c1-17(2)22(16-18-10-6-4-7-11-18)20(23)14-15-26(24,25)21(3)19-12-8-5-9-13-19/h4-13,17H,14-16H2,1-3H3. The van der Waals surface area contributed by atoms with Crippen LogP contribution in [-0.2, 0) is 21.4 Å². The van der Waals surface area contributed by atoms with Crippen molar-refractivity contribution in [3.05, 3.63) is 66.2 Å². The lowest BCUT2D eigenvalue weighted by molar-refractivity contribution is -0.133. The van der Waals surface area contributed by atoms with Gasteiger partial charge >= 0.3 is 0 Å². The van der Waals surface area contributed by atoms with E-state index in [9.17, 15) is 13.2 Å². The quantitative estimate of drug-likeness (QED) is 0.712. The smallest absolute Gasteiger partial charge is 0.235 e. The molecule has 0 aromatic heterocycles. The number of carbonyl (C=O) groups is 1. The van der Waals surface area contributed by atoms with Crippen LogP contribution in [0.4, 0.5) is 5.69 Å². The van der Waals surface area contributed by atoms with E-state index in [1.807, 2.05) is 50.2 Å². The lowest BCUT2D eigenvalue weighted by Gasteiger charge is -2.27. The molecule has 26 heavy (non-hydrogen) atoms. The van der Waals surface area contributed by atoms with Gasteiger partial charge in [-0.15, -0.1) is 0 Å². The molecule has 5 nitrogen and oxygen atoms in total. The normalized spacial score (nSPS) is 11.4. The molecule has 0 saturated heterocycles. The maximum Gasteiger partial charge on any atom is 0.235 e. The van der Waals surface area contributed by atoms with Gasteiger partial charge in [-0.05, 0) is 31.5 Å². The molecule has 0 unspecified atom stereocenters. The van der Waals surface area contributed by atoms with Crippen LogP contribution < -0.4 is 4.31 Å². The summed E-state index contributed by atoms with van der Waals surface area (Å²) in [5.74, 6) is -0.371. The van der Waals surface area contributed by atoms with Gasteiger partial charge in [0, 0.05) is 26.1 Å². The third kappa shape index (κ3) is 5.33. The second kappa shape index (κ2) is 8.85. The zero-order valence-electron chi connectivity index (χ0n) is 15.5. The Morgan fingerprint density at radius 1 is 0.962 bits per heavy atom. The van der Waals surface area contributed by atoms with E-state index in [1.165, 1.54) is 11.4 Å². The van der Waals surface area contributed by atoms with Gasteiger partial charge in [-0.1, -0.05) is 48.5 Å². The Morgan fingerprint density at radius 2 is 1.50 bits per heavy atom. The third-order valence-electron chi connectivity index (χ3n) is 4.25. The molecule has 0 fully saturated rings. The number of hydrogen-bond donors (Lipinski definition) is 0. The van der Waals surface area contributed by atoms with Gasteiger partial charge in [0.1, 0.15) is 0 Å². The minimum Gasteiger partial charge on any atom is -0.336 e. The summed E-state index contributed by atoms with van der Waals surface area (Å²) in [6.45, 7) is 4.35. The molecule has 2 aromatic rings. The van der Waals surface area contributed by atoms with Crippen LogP contribution in [0.1, 0.15) is 25.8 Å². The molecule has 0 atom stereocenters. The fourth-order valence-electron chi connectivity index (χ4n) is 2.63. The summed E-state index contributed by atoms with van der Waals surface area (Å²) >= 11 is 0.